The van der Waals surface area contributed by atoms with E-state index in [1.54, 1.807) is 17.0 Å². The number of benzene rings is 2. The topological polar surface area (TPSA) is 95.0 Å². The molecule has 8 nitrogen and oxygen atoms in total. The molecule has 3 fully saturated rings. The van der Waals surface area contributed by atoms with Gasteiger partial charge in [-0.25, -0.2) is 4.79 Å². The normalized spacial score (nSPS) is 22.4. The van der Waals surface area contributed by atoms with Gasteiger partial charge in [0.2, 0.25) is 0 Å². The van der Waals surface area contributed by atoms with Crippen molar-refractivity contribution in [3.8, 4) is 0 Å². The standard InChI is InChI=1S/C35H39F3N4O4/c36-35(37,38)34(12-13-34)26-4-8-30-25(21-26)20-24-19-23(3-7-29(24)39-30)32(44)40-31(11-16-41-14-9-28(43)10-15-41)22-1-5-27(6-2-22)42-17-18-46-33(42)45/h1-3,5-7,19-20,26,28,31,43H,4,8-18,21H2,(H,40,44)/t26-,31+/m0/s1. The number of alkyl halides is 3. The number of pyridine rings is 1. The number of hydrogen-bond donors (Lipinski definition) is 2. The first kappa shape index (κ1) is 30.9. The molecular formula is C35H39F3N4O4. The Labute approximate surface area is 265 Å². The van der Waals surface area contributed by atoms with E-state index in [2.05, 4.69) is 10.2 Å². The van der Waals surface area contributed by atoms with Crippen molar-refractivity contribution < 1.29 is 32.6 Å². The number of rotatable bonds is 8. The Morgan fingerprint density at radius 2 is 1.83 bits per heavy atom. The Kier molecular flexibility index (Phi) is 8.17. The maximum Gasteiger partial charge on any atom is 0.414 e. The molecule has 2 atom stereocenters. The minimum absolute atomic E-state index is 0.205. The Morgan fingerprint density at radius 1 is 1.07 bits per heavy atom. The van der Waals surface area contributed by atoms with Crippen molar-refractivity contribution in [2.24, 2.45) is 11.3 Å². The van der Waals surface area contributed by atoms with Crippen LogP contribution in [0.25, 0.3) is 10.9 Å². The molecule has 0 spiro atoms. The van der Waals surface area contributed by atoms with Crippen molar-refractivity contribution in [2.75, 3.05) is 37.7 Å². The van der Waals surface area contributed by atoms with E-state index in [0.29, 0.717) is 44.4 Å². The van der Waals surface area contributed by atoms with E-state index < -0.39 is 17.5 Å². The van der Waals surface area contributed by atoms with Crippen LogP contribution in [0.5, 0.6) is 0 Å². The first-order valence-corrected chi connectivity index (χ1v) is 16.3. The zero-order valence-corrected chi connectivity index (χ0v) is 25.7. The highest BCUT2D eigenvalue weighted by molar-refractivity contribution is 5.98. The summed E-state index contributed by atoms with van der Waals surface area (Å²) >= 11 is 0. The lowest BCUT2D eigenvalue weighted by molar-refractivity contribution is -0.204. The van der Waals surface area contributed by atoms with Crippen LogP contribution in [-0.2, 0) is 17.6 Å². The lowest BCUT2D eigenvalue weighted by atomic mass is 9.75. The number of nitrogens with zero attached hydrogens (tertiary/aromatic N) is 3. The van der Waals surface area contributed by atoms with E-state index in [1.165, 1.54) is 0 Å². The van der Waals surface area contributed by atoms with Gasteiger partial charge in [0.1, 0.15) is 6.61 Å². The molecule has 2 saturated heterocycles. The largest absolute Gasteiger partial charge is 0.447 e. The Balaban J connectivity index is 1.10. The Hall–Kier alpha value is -3.70. The summed E-state index contributed by atoms with van der Waals surface area (Å²) in [4.78, 5) is 34.4. The molecule has 2 aromatic carbocycles. The summed E-state index contributed by atoms with van der Waals surface area (Å²) in [6, 6.07) is 14.5. The molecule has 46 heavy (non-hydrogen) atoms. The number of ether oxygens (including phenoxy) is 1. The highest BCUT2D eigenvalue weighted by Gasteiger charge is 2.66. The number of nitrogens with one attached hydrogen (secondary N) is 1. The molecule has 2 aliphatic heterocycles. The smallest absolute Gasteiger partial charge is 0.414 e. The number of hydrogen-bond acceptors (Lipinski definition) is 6. The Bertz CT molecular complexity index is 1620. The van der Waals surface area contributed by atoms with Crippen LogP contribution in [0.2, 0.25) is 0 Å². The molecule has 11 heteroatoms. The fourth-order valence-electron chi connectivity index (χ4n) is 7.54. The maximum atomic E-state index is 13.9. The number of fused-ring (bicyclic) bond motifs is 2. The number of aromatic nitrogens is 1. The molecule has 4 aliphatic rings. The molecule has 0 unspecified atom stereocenters. The van der Waals surface area contributed by atoms with Gasteiger partial charge in [0, 0.05) is 42.0 Å². The Morgan fingerprint density at radius 3 is 2.50 bits per heavy atom. The van der Waals surface area contributed by atoms with E-state index in [4.69, 9.17) is 9.72 Å². The van der Waals surface area contributed by atoms with Gasteiger partial charge in [0.25, 0.3) is 5.91 Å². The van der Waals surface area contributed by atoms with E-state index in [1.807, 2.05) is 36.4 Å². The zero-order valence-electron chi connectivity index (χ0n) is 25.7. The van der Waals surface area contributed by atoms with Crippen LogP contribution in [0.3, 0.4) is 0 Å². The SMILES string of the molecule is O=C(N[C@H](CCN1CCC(O)CC1)c1ccc(N2CCOC2=O)cc1)c1ccc2nc3c(cc2c1)C[C@@H](C1(C(F)(F)F)CC1)CC3. The summed E-state index contributed by atoms with van der Waals surface area (Å²) in [5.74, 6) is -0.685. The van der Waals surface area contributed by atoms with Crippen molar-refractivity contribution in [3.63, 3.8) is 0 Å². The van der Waals surface area contributed by atoms with E-state index in [-0.39, 0.29) is 37.0 Å². The van der Waals surface area contributed by atoms with Crippen molar-refractivity contribution >= 4 is 28.6 Å². The number of halogens is 3. The number of cyclic esters (lactones) is 1. The van der Waals surface area contributed by atoms with Crippen LogP contribution in [0, 0.1) is 11.3 Å². The van der Waals surface area contributed by atoms with Crippen LogP contribution in [0.15, 0.2) is 48.5 Å². The predicted molar refractivity (Wildman–Crippen MR) is 167 cm³/mol. The molecule has 2 N–H and O–H groups in total. The van der Waals surface area contributed by atoms with Gasteiger partial charge < -0.3 is 20.1 Å². The molecule has 0 radical (unpaired) electrons. The molecule has 244 valence electrons. The number of aliphatic hydroxyl groups is 1. The minimum Gasteiger partial charge on any atom is -0.447 e. The third kappa shape index (κ3) is 6.07. The average Bonchev–Trinajstić information content (AvgIpc) is 3.77. The van der Waals surface area contributed by atoms with Crippen LogP contribution in [-0.4, -0.2) is 72.1 Å². The summed E-state index contributed by atoms with van der Waals surface area (Å²) in [5, 5.41) is 13.9. The van der Waals surface area contributed by atoms with Crippen LogP contribution in [0.1, 0.15) is 71.7 Å². The fourth-order valence-corrected chi connectivity index (χ4v) is 7.54. The number of carbonyl (C=O) groups excluding carboxylic acids is 2. The van der Waals surface area contributed by atoms with Crippen LogP contribution >= 0.6 is 0 Å². The number of piperidine rings is 1. The van der Waals surface area contributed by atoms with Gasteiger partial charge in [-0.15, -0.1) is 0 Å². The van der Waals surface area contributed by atoms with E-state index >= 15 is 0 Å². The molecule has 0 bridgehead atoms. The first-order chi connectivity index (χ1) is 22.1. The predicted octanol–water partition coefficient (Wildman–Crippen LogP) is 5.96. The molecule has 2 aliphatic carbocycles. The highest BCUT2D eigenvalue weighted by Crippen LogP contribution is 2.64. The van der Waals surface area contributed by atoms with Crippen LogP contribution in [0.4, 0.5) is 23.7 Å². The van der Waals surface area contributed by atoms with Gasteiger partial charge in [-0.3, -0.25) is 14.7 Å². The van der Waals surface area contributed by atoms with E-state index in [0.717, 1.165) is 65.9 Å². The summed E-state index contributed by atoms with van der Waals surface area (Å²) in [7, 11) is 0. The van der Waals surface area contributed by atoms with Crippen molar-refractivity contribution in [1.82, 2.24) is 15.2 Å². The van der Waals surface area contributed by atoms with Crippen molar-refractivity contribution in [1.29, 1.82) is 0 Å². The zero-order chi connectivity index (χ0) is 32.1. The van der Waals surface area contributed by atoms with Gasteiger partial charge in [0.15, 0.2) is 0 Å². The lowest BCUT2D eigenvalue weighted by Crippen LogP contribution is -2.38. The summed E-state index contributed by atoms with van der Waals surface area (Å²) in [5.41, 5.74) is 2.97. The quantitative estimate of drug-likeness (QED) is 0.317. The third-order valence-electron chi connectivity index (χ3n) is 10.5. The second-order valence-electron chi connectivity index (χ2n) is 13.3. The summed E-state index contributed by atoms with van der Waals surface area (Å²) < 4.78 is 46.7. The molecule has 2 amide bonds. The average molecular weight is 637 g/mol. The maximum absolute atomic E-state index is 13.9. The summed E-state index contributed by atoms with van der Waals surface area (Å²) in [6.07, 6.45) is -0.931. The molecule has 1 aromatic heterocycles. The number of aryl methyl sites for hydroxylation is 1. The van der Waals surface area contributed by atoms with Gasteiger partial charge >= 0.3 is 12.3 Å². The highest BCUT2D eigenvalue weighted by atomic mass is 19.4. The number of carbonyl (C=O) groups is 2. The number of anilines is 1. The van der Waals surface area contributed by atoms with E-state index in [9.17, 15) is 27.9 Å². The first-order valence-electron chi connectivity index (χ1n) is 16.3. The summed E-state index contributed by atoms with van der Waals surface area (Å²) in [6.45, 7) is 3.17. The molecule has 1 saturated carbocycles. The molecule has 3 aromatic rings. The lowest BCUT2D eigenvalue weighted by Gasteiger charge is -2.33. The second-order valence-corrected chi connectivity index (χ2v) is 13.3. The van der Waals surface area contributed by atoms with Gasteiger partial charge in [-0.2, -0.15) is 13.2 Å². The van der Waals surface area contributed by atoms with Crippen LogP contribution < -0.4 is 10.2 Å². The minimum atomic E-state index is -4.18. The third-order valence-corrected chi connectivity index (χ3v) is 10.5. The van der Waals surface area contributed by atoms with Crippen molar-refractivity contribution in [3.05, 3.63) is 70.9 Å². The molecule has 7 rings (SSSR count). The van der Waals surface area contributed by atoms with Gasteiger partial charge in [-0.1, -0.05) is 12.1 Å². The number of aliphatic hydroxyl groups excluding tert-OH is 1. The second kappa shape index (κ2) is 12.2. The molecule has 3 heterocycles. The van der Waals surface area contributed by atoms with Gasteiger partial charge in [-0.05, 0) is 105 Å². The van der Waals surface area contributed by atoms with Crippen molar-refractivity contribution in [2.45, 2.75) is 69.7 Å². The monoisotopic (exact) mass is 636 g/mol. The molecular weight excluding hydrogens is 597 g/mol. The number of likely N-dealkylation sites (tertiary alicyclic amines) is 1. The number of amides is 2. The fraction of sp³-hybridized carbons (Fsp3) is 0.514. The van der Waals surface area contributed by atoms with Gasteiger partial charge in [0.05, 0.1) is 29.6 Å².